The van der Waals surface area contributed by atoms with Crippen molar-refractivity contribution in [3.63, 3.8) is 0 Å². The maximum Gasteiger partial charge on any atom is 0.255 e. The maximum absolute atomic E-state index is 12.4. The van der Waals surface area contributed by atoms with Gasteiger partial charge in [-0.15, -0.1) is 0 Å². The summed E-state index contributed by atoms with van der Waals surface area (Å²) < 4.78 is 10.4. The van der Waals surface area contributed by atoms with Crippen molar-refractivity contribution in [1.29, 1.82) is 0 Å². The molecule has 5 heteroatoms. The Labute approximate surface area is 149 Å². The lowest BCUT2D eigenvalue weighted by atomic mass is 10.1. The van der Waals surface area contributed by atoms with E-state index in [0.717, 1.165) is 17.9 Å². The molecular formula is C20H26N2O3. The Morgan fingerprint density at radius 2 is 1.68 bits per heavy atom. The highest BCUT2D eigenvalue weighted by molar-refractivity contribution is 6.04. The summed E-state index contributed by atoms with van der Waals surface area (Å²) in [5.41, 5.74) is 2.41. The van der Waals surface area contributed by atoms with Gasteiger partial charge in [-0.2, -0.15) is 0 Å². The molecule has 1 amide bonds. The molecule has 2 aromatic carbocycles. The summed E-state index contributed by atoms with van der Waals surface area (Å²) in [6, 6.07) is 13.4. The molecule has 1 N–H and O–H groups in total. The summed E-state index contributed by atoms with van der Waals surface area (Å²) in [5.74, 6) is 0.933. The lowest BCUT2D eigenvalue weighted by Gasteiger charge is -2.27. The lowest BCUT2D eigenvalue weighted by Crippen LogP contribution is -2.30. The summed E-state index contributed by atoms with van der Waals surface area (Å²) >= 11 is 0. The molecule has 0 unspecified atom stereocenters. The Morgan fingerprint density at radius 1 is 1.04 bits per heavy atom. The van der Waals surface area contributed by atoms with Gasteiger partial charge in [0.05, 0.1) is 14.2 Å². The maximum atomic E-state index is 12.4. The van der Waals surface area contributed by atoms with Gasteiger partial charge in [-0.1, -0.05) is 0 Å². The van der Waals surface area contributed by atoms with Crippen LogP contribution in [-0.4, -0.2) is 32.7 Å². The van der Waals surface area contributed by atoms with Crippen LogP contribution in [0.25, 0.3) is 0 Å². The van der Waals surface area contributed by atoms with Crippen LogP contribution >= 0.6 is 0 Å². The highest BCUT2D eigenvalue weighted by Gasteiger charge is 2.12. The number of anilines is 2. The topological polar surface area (TPSA) is 50.8 Å². The van der Waals surface area contributed by atoms with Crippen LogP contribution in [0.2, 0.25) is 0 Å². The predicted octanol–water partition coefficient (Wildman–Crippen LogP) is 4.19. The largest absolute Gasteiger partial charge is 0.493 e. The molecule has 0 fully saturated rings. The molecule has 2 aromatic rings. The quantitative estimate of drug-likeness (QED) is 0.820. The van der Waals surface area contributed by atoms with Gasteiger partial charge in [0.1, 0.15) is 0 Å². The number of nitrogens with zero attached hydrogens (tertiary/aromatic N) is 1. The Bertz CT molecular complexity index is 711. The molecule has 0 radical (unpaired) electrons. The van der Waals surface area contributed by atoms with Crippen LogP contribution in [0.15, 0.2) is 42.5 Å². The van der Waals surface area contributed by atoms with Crippen molar-refractivity contribution in [2.24, 2.45) is 0 Å². The molecule has 0 heterocycles. The highest BCUT2D eigenvalue weighted by atomic mass is 16.5. The lowest BCUT2D eigenvalue weighted by molar-refractivity contribution is 0.102. The third kappa shape index (κ3) is 4.44. The number of benzene rings is 2. The molecular weight excluding hydrogens is 316 g/mol. The number of methoxy groups -OCH3 is 2. The summed E-state index contributed by atoms with van der Waals surface area (Å²) in [6.45, 7) is 7.40. The van der Waals surface area contributed by atoms with Crippen molar-refractivity contribution >= 4 is 17.3 Å². The molecule has 0 aliphatic rings. The van der Waals surface area contributed by atoms with Crippen LogP contribution in [0.4, 0.5) is 11.4 Å². The smallest absolute Gasteiger partial charge is 0.255 e. The highest BCUT2D eigenvalue weighted by Crippen LogP contribution is 2.28. The normalized spacial score (nSPS) is 10.5. The van der Waals surface area contributed by atoms with Gasteiger partial charge in [0.25, 0.3) is 5.91 Å². The number of amides is 1. The van der Waals surface area contributed by atoms with Gasteiger partial charge >= 0.3 is 0 Å². The van der Waals surface area contributed by atoms with Crippen LogP contribution in [0.5, 0.6) is 11.5 Å². The molecule has 134 valence electrons. The van der Waals surface area contributed by atoms with Crippen molar-refractivity contribution in [3.8, 4) is 11.5 Å². The van der Waals surface area contributed by atoms with Gasteiger partial charge in [0.2, 0.25) is 0 Å². The monoisotopic (exact) mass is 342 g/mol. The van der Waals surface area contributed by atoms with E-state index in [1.54, 1.807) is 32.4 Å². The number of hydrogen-bond donors (Lipinski definition) is 1. The van der Waals surface area contributed by atoms with Gasteiger partial charge in [-0.25, -0.2) is 0 Å². The Hall–Kier alpha value is -2.69. The molecule has 0 aliphatic carbocycles. The van der Waals surface area contributed by atoms with Crippen LogP contribution in [0, 0.1) is 0 Å². The van der Waals surface area contributed by atoms with Crippen molar-refractivity contribution in [2.75, 3.05) is 31.0 Å². The molecule has 5 nitrogen and oxygen atoms in total. The molecule has 0 spiro atoms. The Morgan fingerprint density at radius 3 is 2.20 bits per heavy atom. The van der Waals surface area contributed by atoms with Crippen LogP contribution in [0.3, 0.4) is 0 Å². The fraction of sp³-hybridized carbons (Fsp3) is 0.350. The minimum atomic E-state index is -0.190. The zero-order chi connectivity index (χ0) is 18.4. The predicted molar refractivity (Wildman–Crippen MR) is 102 cm³/mol. The van der Waals surface area contributed by atoms with Gasteiger partial charge < -0.3 is 19.7 Å². The van der Waals surface area contributed by atoms with E-state index in [0.29, 0.717) is 23.1 Å². The second kappa shape index (κ2) is 8.42. The van der Waals surface area contributed by atoms with E-state index in [9.17, 15) is 4.79 Å². The first-order chi connectivity index (χ1) is 12.0. The third-order valence-corrected chi connectivity index (χ3v) is 4.07. The van der Waals surface area contributed by atoms with E-state index in [1.165, 1.54) is 0 Å². The van der Waals surface area contributed by atoms with Gasteiger partial charge in [-0.05, 0) is 63.2 Å². The molecule has 0 bridgehead atoms. The van der Waals surface area contributed by atoms with E-state index in [-0.39, 0.29) is 5.91 Å². The van der Waals surface area contributed by atoms with Crippen LogP contribution in [0.1, 0.15) is 31.1 Å². The molecule has 0 saturated heterocycles. The number of carbonyl (C=O) groups excluding carboxylic acids is 1. The van der Waals surface area contributed by atoms with E-state index >= 15 is 0 Å². The summed E-state index contributed by atoms with van der Waals surface area (Å²) in [4.78, 5) is 14.7. The van der Waals surface area contributed by atoms with E-state index in [4.69, 9.17) is 9.47 Å². The fourth-order valence-electron chi connectivity index (χ4n) is 2.76. The summed E-state index contributed by atoms with van der Waals surface area (Å²) in [7, 11) is 3.11. The standard InChI is InChI=1S/C20H26N2O3/c1-6-22(14(2)3)17-10-8-16(9-11-17)21-20(23)15-7-12-18(24-4)19(13-15)25-5/h7-14H,6H2,1-5H3,(H,21,23). The SMILES string of the molecule is CCN(c1ccc(NC(=O)c2ccc(OC)c(OC)c2)cc1)C(C)C. The third-order valence-electron chi connectivity index (χ3n) is 4.07. The van der Waals surface area contributed by atoms with Crippen molar-refractivity contribution < 1.29 is 14.3 Å². The van der Waals surface area contributed by atoms with E-state index < -0.39 is 0 Å². The Kier molecular flexibility index (Phi) is 6.28. The second-order valence-electron chi connectivity index (χ2n) is 5.95. The minimum Gasteiger partial charge on any atom is -0.493 e. The molecule has 0 saturated carbocycles. The van der Waals surface area contributed by atoms with Crippen LogP contribution < -0.4 is 19.7 Å². The average molecular weight is 342 g/mol. The van der Waals surface area contributed by atoms with Gasteiger partial charge in [-0.3, -0.25) is 4.79 Å². The second-order valence-corrected chi connectivity index (χ2v) is 5.95. The number of rotatable bonds is 7. The first-order valence-corrected chi connectivity index (χ1v) is 8.40. The van der Waals surface area contributed by atoms with Crippen molar-refractivity contribution in [2.45, 2.75) is 26.8 Å². The number of ether oxygens (including phenoxy) is 2. The molecule has 0 aromatic heterocycles. The number of carbonyl (C=O) groups is 1. The van der Waals surface area contributed by atoms with Crippen molar-refractivity contribution in [3.05, 3.63) is 48.0 Å². The van der Waals surface area contributed by atoms with Gasteiger partial charge in [0, 0.05) is 29.5 Å². The molecule has 25 heavy (non-hydrogen) atoms. The number of hydrogen-bond acceptors (Lipinski definition) is 4. The minimum absolute atomic E-state index is 0.190. The molecule has 0 atom stereocenters. The van der Waals surface area contributed by atoms with Crippen molar-refractivity contribution in [1.82, 2.24) is 0 Å². The zero-order valence-corrected chi connectivity index (χ0v) is 15.5. The van der Waals surface area contributed by atoms with Gasteiger partial charge in [0.15, 0.2) is 11.5 Å². The summed E-state index contributed by atoms with van der Waals surface area (Å²) in [5, 5.41) is 2.91. The van der Waals surface area contributed by atoms with Crippen LogP contribution in [-0.2, 0) is 0 Å². The Balaban J connectivity index is 2.13. The van der Waals surface area contributed by atoms with E-state index in [2.05, 4.69) is 31.0 Å². The first kappa shape index (κ1) is 18.6. The molecule has 2 rings (SSSR count). The number of nitrogens with one attached hydrogen (secondary N) is 1. The fourth-order valence-corrected chi connectivity index (χ4v) is 2.76. The average Bonchev–Trinajstić information content (AvgIpc) is 2.62. The molecule has 0 aliphatic heterocycles. The zero-order valence-electron chi connectivity index (χ0n) is 15.5. The first-order valence-electron chi connectivity index (χ1n) is 8.40. The summed E-state index contributed by atoms with van der Waals surface area (Å²) in [6.07, 6.45) is 0. The van der Waals surface area contributed by atoms with E-state index in [1.807, 2.05) is 24.3 Å².